The topological polar surface area (TPSA) is 70.0 Å². The van der Waals surface area contributed by atoms with E-state index in [9.17, 15) is 17.2 Å². The largest absolute Gasteiger partial charge is 0.277 e. The van der Waals surface area contributed by atoms with Crippen LogP contribution in [-0.2, 0) is 15.4 Å². The Labute approximate surface area is 137 Å². The summed E-state index contributed by atoms with van der Waals surface area (Å²) >= 11 is 1.17. The van der Waals surface area contributed by atoms with E-state index >= 15 is 0 Å². The van der Waals surface area contributed by atoms with E-state index in [2.05, 4.69) is 4.72 Å². The molecule has 23 heavy (non-hydrogen) atoms. The van der Waals surface area contributed by atoms with E-state index in [0.29, 0.717) is 18.2 Å². The number of nitrogens with zero attached hydrogens (tertiary/aromatic N) is 1. The summed E-state index contributed by atoms with van der Waals surface area (Å²) in [7, 11) is -4.20. The smallest absolute Gasteiger partial charge is 0.262 e. The molecule has 0 atom stereocenters. The second-order valence-corrected chi connectivity index (χ2v) is 8.66. The maximum absolute atomic E-state index is 13.2. The summed E-state index contributed by atoms with van der Waals surface area (Å²) in [4.78, 5) is 0.468. The van der Waals surface area contributed by atoms with Crippen molar-refractivity contribution in [2.24, 2.45) is 0 Å². The first-order valence-corrected chi connectivity index (χ1v) is 8.86. The number of nitriles is 1. The number of sulfonamides is 1. The molecule has 0 aliphatic rings. The predicted molar refractivity (Wildman–Crippen MR) is 84.9 cm³/mol. The highest BCUT2D eigenvalue weighted by atomic mass is 32.2. The van der Waals surface area contributed by atoms with Gasteiger partial charge in [0, 0.05) is 10.9 Å². The molecule has 1 heterocycles. The number of nitrogens with one attached hydrogen (secondary N) is 1. The van der Waals surface area contributed by atoms with E-state index in [-0.39, 0.29) is 16.0 Å². The molecule has 1 aromatic heterocycles. The van der Waals surface area contributed by atoms with Gasteiger partial charge in [-0.25, -0.2) is 17.2 Å². The van der Waals surface area contributed by atoms with Crippen molar-refractivity contribution in [3.8, 4) is 6.07 Å². The number of hydrogen-bond donors (Lipinski definition) is 1. The van der Waals surface area contributed by atoms with Crippen LogP contribution in [-0.4, -0.2) is 8.42 Å². The molecule has 0 saturated heterocycles. The Morgan fingerprint density at radius 2 is 1.70 bits per heavy atom. The zero-order valence-corrected chi connectivity index (χ0v) is 14.3. The first-order chi connectivity index (χ1) is 10.5. The van der Waals surface area contributed by atoms with E-state index in [4.69, 9.17) is 5.26 Å². The Hall–Kier alpha value is -1.98. The number of anilines is 1. The first kappa shape index (κ1) is 17.4. The summed E-state index contributed by atoms with van der Waals surface area (Å²) in [5.74, 6) is -1.99. The Kier molecular flexibility index (Phi) is 4.46. The highest BCUT2D eigenvalue weighted by Crippen LogP contribution is 2.35. The highest BCUT2D eigenvalue weighted by molar-refractivity contribution is 7.92. The molecule has 2 aromatic rings. The average molecular weight is 356 g/mol. The highest BCUT2D eigenvalue weighted by Gasteiger charge is 2.23. The monoisotopic (exact) mass is 356 g/mol. The van der Waals surface area contributed by atoms with Crippen molar-refractivity contribution in [3.05, 3.63) is 45.7 Å². The van der Waals surface area contributed by atoms with Gasteiger partial charge in [0.15, 0.2) is 0 Å². The van der Waals surface area contributed by atoms with Gasteiger partial charge in [-0.15, -0.1) is 11.3 Å². The predicted octanol–water partition coefficient (Wildman–Crippen LogP) is 4.00. The molecule has 122 valence electrons. The fourth-order valence-corrected chi connectivity index (χ4v) is 3.94. The molecule has 0 fully saturated rings. The van der Waals surface area contributed by atoms with Gasteiger partial charge >= 0.3 is 0 Å². The van der Waals surface area contributed by atoms with Crippen molar-refractivity contribution in [1.29, 1.82) is 5.26 Å². The maximum atomic E-state index is 13.2. The minimum absolute atomic E-state index is 0.104. The molecule has 1 N–H and O–H groups in total. The molecular weight excluding hydrogens is 342 g/mol. The molecule has 0 amide bonds. The SMILES string of the molecule is CC(C)(C)c1cc(NS(=O)(=O)c2cc(F)cc(F)c2)c(C#N)s1. The minimum Gasteiger partial charge on any atom is -0.277 e. The van der Waals surface area contributed by atoms with Gasteiger partial charge in [-0.1, -0.05) is 20.8 Å². The van der Waals surface area contributed by atoms with Crippen LogP contribution in [0.2, 0.25) is 0 Å². The molecular formula is C15H14F2N2O2S2. The third-order valence-corrected chi connectivity index (χ3v) is 5.77. The van der Waals surface area contributed by atoms with Crippen molar-refractivity contribution in [1.82, 2.24) is 0 Å². The van der Waals surface area contributed by atoms with Crippen LogP contribution in [0.25, 0.3) is 0 Å². The van der Waals surface area contributed by atoms with E-state index in [0.717, 1.165) is 4.88 Å². The van der Waals surface area contributed by atoms with Crippen molar-refractivity contribution < 1.29 is 17.2 Å². The molecule has 0 bridgehead atoms. The molecule has 0 aliphatic carbocycles. The van der Waals surface area contributed by atoms with E-state index in [1.807, 2.05) is 26.8 Å². The second kappa shape index (κ2) is 5.91. The third-order valence-electron chi connectivity index (χ3n) is 2.96. The van der Waals surface area contributed by atoms with Crippen LogP contribution < -0.4 is 4.72 Å². The fourth-order valence-electron chi connectivity index (χ4n) is 1.81. The van der Waals surface area contributed by atoms with E-state index in [1.54, 1.807) is 6.07 Å². The van der Waals surface area contributed by atoms with Gasteiger partial charge in [0.1, 0.15) is 22.6 Å². The number of rotatable bonds is 3. The van der Waals surface area contributed by atoms with E-state index < -0.39 is 26.6 Å². The first-order valence-electron chi connectivity index (χ1n) is 6.56. The lowest BCUT2D eigenvalue weighted by molar-refractivity contribution is 0.568. The van der Waals surface area contributed by atoms with Crippen LogP contribution >= 0.6 is 11.3 Å². The van der Waals surface area contributed by atoms with Crippen LogP contribution in [0.3, 0.4) is 0 Å². The number of thiophene rings is 1. The molecule has 0 unspecified atom stereocenters. The van der Waals surface area contributed by atoms with E-state index in [1.165, 1.54) is 11.3 Å². The van der Waals surface area contributed by atoms with Crippen LogP contribution in [0, 0.1) is 23.0 Å². The zero-order valence-electron chi connectivity index (χ0n) is 12.6. The zero-order chi connectivity index (χ0) is 17.4. The molecule has 4 nitrogen and oxygen atoms in total. The lowest BCUT2D eigenvalue weighted by Gasteiger charge is -2.15. The number of halogens is 2. The quantitative estimate of drug-likeness (QED) is 0.904. The molecule has 0 radical (unpaired) electrons. The average Bonchev–Trinajstić information content (AvgIpc) is 2.79. The van der Waals surface area contributed by atoms with Crippen molar-refractivity contribution in [2.75, 3.05) is 4.72 Å². The van der Waals surface area contributed by atoms with Gasteiger partial charge in [0.2, 0.25) is 0 Å². The molecule has 0 spiro atoms. The van der Waals surface area contributed by atoms with Crippen molar-refractivity contribution in [3.63, 3.8) is 0 Å². The molecule has 0 saturated carbocycles. The molecule has 8 heteroatoms. The van der Waals surface area contributed by atoms with Gasteiger partial charge in [-0.2, -0.15) is 5.26 Å². The van der Waals surface area contributed by atoms with Gasteiger partial charge in [-0.05, 0) is 23.6 Å². The fraction of sp³-hybridized carbons (Fsp3) is 0.267. The summed E-state index contributed by atoms with van der Waals surface area (Å²) in [5.41, 5.74) is -0.155. The second-order valence-electron chi connectivity index (χ2n) is 5.93. The van der Waals surface area contributed by atoms with Crippen molar-refractivity contribution >= 4 is 27.0 Å². The maximum Gasteiger partial charge on any atom is 0.262 e. The summed E-state index contributed by atoms with van der Waals surface area (Å²) in [5, 5.41) is 9.16. The number of benzene rings is 1. The Morgan fingerprint density at radius 3 is 2.17 bits per heavy atom. The molecule has 1 aromatic carbocycles. The number of hydrogen-bond acceptors (Lipinski definition) is 4. The van der Waals surface area contributed by atoms with Crippen molar-refractivity contribution in [2.45, 2.75) is 31.1 Å². The van der Waals surface area contributed by atoms with Gasteiger partial charge in [-0.3, -0.25) is 4.72 Å². The normalized spacial score (nSPS) is 12.0. The summed E-state index contributed by atoms with van der Waals surface area (Å²) in [6.45, 7) is 5.79. The summed E-state index contributed by atoms with van der Waals surface area (Å²) in [6.07, 6.45) is 0. The minimum atomic E-state index is -4.20. The standard InChI is InChI=1S/C15H14F2N2O2S2/c1-15(2,3)14-7-12(13(8-18)22-14)19-23(20,21)11-5-9(16)4-10(17)6-11/h4-7,19H,1-3H3. The van der Waals surface area contributed by atoms with Gasteiger partial charge in [0.05, 0.1) is 10.6 Å². The summed E-state index contributed by atoms with van der Waals surface area (Å²) < 4.78 is 53.2. The van der Waals surface area contributed by atoms with Crippen LogP contribution in [0.15, 0.2) is 29.2 Å². The summed E-state index contributed by atoms with van der Waals surface area (Å²) in [6, 6.07) is 5.51. The third kappa shape index (κ3) is 3.86. The molecule has 0 aliphatic heterocycles. The van der Waals surface area contributed by atoms with Crippen LogP contribution in [0.4, 0.5) is 14.5 Å². The Morgan fingerprint density at radius 1 is 1.13 bits per heavy atom. The molecule has 2 rings (SSSR count). The van der Waals surface area contributed by atoms with Crippen LogP contribution in [0.1, 0.15) is 30.5 Å². The lowest BCUT2D eigenvalue weighted by Crippen LogP contribution is -2.14. The Balaban J connectivity index is 2.45. The van der Waals surface area contributed by atoms with Crippen LogP contribution in [0.5, 0.6) is 0 Å². The lowest BCUT2D eigenvalue weighted by atomic mass is 9.95. The van der Waals surface area contributed by atoms with Gasteiger partial charge in [0.25, 0.3) is 10.0 Å². The van der Waals surface area contributed by atoms with Gasteiger partial charge < -0.3 is 0 Å². The Bertz CT molecular complexity index is 871.